The Kier molecular flexibility index (Phi) is 5.60. The van der Waals surface area contributed by atoms with Crippen LogP contribution >= 0.6 is 0 Å². The van der Waals surface area contributed by atoms with Crippen LogP contribution in [0, 0.1) is 0 Å². The Morgan fingerprint density at radius 1 is 1.16 bits per heavy atom. The van der Waals surface area contributed by atoms with Crippen molar-refractivity contribution in [3.8, 4) is 0 Å². The molecule has 0 spiro atoms. The lowest BCUT2D eigenvalue weighted by molar-refractivity contribution is -0.145. The first-order valence-electron chi connectivity index (χ1n) is 7.49. The van der Waals surface area contributed by atoms with Gasteiger partial charge in [-0.15, -0.1) is 0 Å². The van der Waals surface area contributed by atoms with E-state index in [2.05, 4.69) is 16.7 Å². The fourth-order valence-corrected chi connectivity index (χ4v) is 3.20. The van der Waals surface area contributed by atoms with Crippen molar-refractivity contribution >= 4 is 5.97 Å². The van der Waals surface area contributed by atoms with E-state index in [1.807, 2.05) is 0 Å². The summed E-state index contributed by atoms with van der Waals surface area (Å²) in [7, 11) is 0. The Hall–Kier alpha value is -0.650. The maximum atomic E-state index is 10.5. The molecule has 5 nitrogen and oxygen atoms in total. The predicted molar refractivity (Wildman–Crippen MR) is 73.3 cm³/mol. The van der Waals surface area contributed by atoms with Gasteiger partial charge >= 0.3 is 5.97 Å². The van der Waals surface area contributed by atoms with Crippen molar-refractivity contribution in [1.29, 1.82) is 0 Å². The number of piperidine rings is 2. The number of carboxylic acid groups (broad SMARTS) is 1. The molecule has 2 rings (SSSR count). The molecule has 5 heteroatoms. The van der Waals surface area contributed by atoms with Crippen LogP contribution in [-0.2, 0) is 9.53 Å². The molecule has 110 valence electrons. The van der Waals surface area contributed by atoms with Crippen LogP contribution < -0.4 is 0 Å². The molecule has 0 radical (unpaired) electrons. The molecule has 2 aliphatic rings. The molecule has 19 heavy (non-hydrogen) atoms. The molecule has 0 atom stereocenters. The lowest BCUT2D eigenvalue weighted by Gasteiger charge is -2.41. The van der Waals surface area contributed by atoms with E-state index in [0.717, 1.165) is 38.5 Å². The Bertz CT molecular complexity index is 282. The first-order chi connectivity index (χ1) is 9.19. The van der Waals surface area contributed by atoms with Crippen molar-refractivity contribution in [2.45, 2.75) is 44.8 Å². The number of aliphatic carboxylic acids is 1. The maximum Gasteiger partial charge on any atom is 0.329 e. The third-order valence-corrected chi connectivity index (χ3v) is 4.44. The lowest BCUT2D eigenvalue weighted by atomic mass is 9.99. The highest BCUT2D eigenvalue weighted by Gasteiger charge is 2.28. The molecule has 1 N–H and O–H groups in total. The second-order valence-electron chi connectivity index (χ2n) is 5.61. The van der Waals surface area contributed by atoms with E-state index in [1.165, 1.54) is 25.9 Å². The van der Waals surface area contributed by atoms with Gasteiger partial charge in [0.1, 0.15) is 6.61 Å². The van der Waals surface area contributed by atoms with Crippen LogP contribution in [0.2, 0.25) is 0 Å². The SMILES string of the molecule is CCN1CCC(N2CCC(OCC(=O)O)CC2)CC1. The van der Waals surface area contributed by atoms with Crippen LogP contribution in [0.25, 0.3) is 0 Å². The lowest BCUT2D eigenvalue weighted by Crippen LogP contribution is -2.48. The summed E-state index contributed by atoms with van der Waals surface area (Å²) in [6.07, 6.45) is 4.63. The fourth-order valence-electron chi connectivity index (χ4n) is 3.20. The van der Waals surface area contributed by atoms with Gasteiger partial charge in [0.2, 0.25) is 0 Å². The van der Waals surface area contributed by atoms with Crippen molar-refractivity contribution in [3.05, 3.63) is 0 Å². The third kappa shape index (κ3) is 4.44. The highest BCUT2D eigenvalue weighted by atomic mass is 16.5. The molecule has 2 saturated heterocycles. The number of likely N-dealkylation sites (tertiary alicyclic amines) is 2. The number of rotatable bonds is 5. The number of hydrogen-bond donors (Lipinski definition) is 1. The normalized spacial score (nSPS) is 24.7. The van der Waals surface area contributed by atoms with E-state index in [0.29, 0.717) is 0 Å². The van der Waals surface area contributed by atoms with E-state index in [9.17, 15) is 4.79 Å². The molecule has 0 saturated carbocycles. The van der Waals surface area contributed by atoms with Crippen molar-refractivity contribution in [3.63, 3.8) is 0 Å². The minimum Gasteiger partial charge on any atom is -0.480 e. The van der Waals surface area contributed by atoms with Gasteiger partial charge in [0.25, 0.3) is 0 Å². The van der Waals surface area contributed by atoms with Crippen LogP contribution in [0.15, 0.2) is 0 Å². The molecule has 2 fully saturated rings. The highest BCUT2D eigenvalue weighted by molar-refractivity contribution is 5.68. The van der Waals surface area contributed by atoms with E-state index >= 15 is 0 Å². The Morgan fingerprint density at radius 3 is 2.32 bits per heavy atom. The minimum absolute atomic E-state index is 0.142. The molecular weight excluding hydrogens is 244 g/mol. The highest BCUT2D eigenvalue weighted by Crippen LogP contribution is 2.22. The largest absolute Gasteiger partial charge is 0.480 e. The quantitative estimate of drug-likeness (QED) is 0.809. The van der Waals surface area contributed by atoms with Crippen LogP contribution in [0.4, 0.5) is 0 Å². The molecule has 0 bridgehead atoms. The van der Waals surface area contributed by atoms with Gasteiger partial charge in [-0.3, -0.25) is 0 Å². The maximum absolute atomic E-state index is 10.5. The monoisotopic (exact) mass is 270 g/mol. The Labute approximate surface area is 115 Å². The molecule has 0 amide bonds. The molecule has 0 aromatic carbocycles. The third-order valence-electron chi connectivity index (χ3n) is 4.44. The second kappa shape index (κ2) is 7.22. The van der Waals surface area contributed by atoms with Gasteiger partial charge in [-0.2, -0.15) is 0 Å². The smallest absolute Gasteiger partial charge is 0.329 e. The fraction of sp³-hybridized carbons (Fsp3) is 0.929. The summed E-state index contributed by atoms with van der Waals surface area (Å²) >= 11 is 0. The van der Waals surface area contributed by atoms with Gasteiger partial charge in [0.15, 0.2) is 0 Å². The topological polar surface area (TPSA) is 53.0 Å². The minimum atomic E-state index is -0.866. The molecular formula is C14H26N2O3. The van der Waals surface area contributed by atoms with Gasteiger partial charge in [-0.05, 0) is 45.3 Å². The predicted octanol–water partition coefficient (Wildman–Crippen LogP) is 1.04. The molecule has 2 heterocycles. The summed E-state index contributed by atoms with van der Waals surface area (Å²) in [4.78, 5) is 15.6. The molecule has 0 aromatic heterocycles. The van der Waals surface area contributed by atoms with E-state index in [1.54, 1.807) is 0 Å². The van der Waals surface area contributed by atoms with E-state index in [-0.39, 0.29) is 12.7 Å². The number of carbonyl (C=O) groups is 1. The Morgan fingerprint density at radius 2 is 1.79 bits per heavy atom. The molecule has 0 aromatic rings. The van der Waals surface area contributed by atoms with E-state index < -0.39 is 5.97 Å². The van der Waals surface area contributed by atoms with Crippen molar-refractivity contribution < 1.29 is 14.6 Å². The number of ether oxygens (including phenoxy) is 1. The van der Waals surface area contributed by atoms with Gasteiger partial charge < -0.3 is 19.6 Å². The van der Waals surface area contributed by atoms with Gasteiger partial charge in [-0.1, -0.05) is 6.92 Å². The zero-order chi connectivity index (χ0) is 13.7. The summed E-state index contributed by atoms with van der Waals surface area (Å²) < 4.78 is 5.38. The average Bonchev–Trinajstić information content (AvgIpc) is 2.46. The molecule has 0 aliphatic carbocycles. The van der Waals surface area contributed by atoms with Gasteiger partial charge in [-0.25, -0.2) is 4.79 Å². The van der Waals surface area contributed by atoms with Crippen LogP contribution in [0.3, 0.4) is 0 Å². The summed E-state index contributed by atoms with van der Waals surface area (Å²) in [5, 5.41) is 8.61. The van der Waals surface area contributed by atoms with Crippen LogP contribution in [0.1, 0.15) is 32.6 Å². The average molecular weight is 270 g/mol. The van der Waals surface area contributed by atoms with Crippen molar-refractivity contribution in [2.24, 2.45) is 0 Å². The zero-order valence-electron chi connectivity index (χ0n) is 11.9. The van der Waals surface area contributed by atoms with Gasteiger partial charge in [0.05, 0.1) is 6.10 Å². The van der Waals surface area contributed by atoms with Gasteiger partial charge in [0, 0.05) is 19.1 Å². The summed E-state index contributed by atoms with van der Waals surface area (Å²) in [6, 6.07) is 0.725. The summed E-state index contributed by atoms with van der Waals surface area (Å²) in [5.41, 5.74) is 0. The van der Waals surface area contributed by atoms with Crippen LogP contribution in [0.5, 0.6) is 0 Å². The van der Waals surface area contributed by atoms with Crippen molar-refractivity contribution in [1.82, 2.24) is 9.80 Å². The Balaban J connectivity index is 1.67. The summed E-state index contributed by atoms with van der Waals surface area (Å²) in [5.74, 6) is -0.866. The first kappa shape index (κ1) is 14.8. The number of carboxylic acids is 1. The van der Waals surface area contributed by atoms with Crippen LogP contribution in [-0.4, -0.2) is 72.4 Å². The zero-order valence-corrected chi connectivity index (χ0v) is 11.9. The molecule has 0 unspecified atom stereocenters. The van der Waals surface area contributed by atoms with Crippen molar-refractivity contribution in [2.75, 3.05) is 39.3 Å². The number of nitrogens with zero attached hydrogens (tertiary/aromatic N) is 2. The number of hydrogen-bond acceptors (Lipinski definition) is 4. The standard InChI is InChI=1S/C14H26N2O3/c1-2-15-7-3-12(4-8-15)16-9-5-13(6-10-16)19-11-14(17)18/h12-13H,2-11H2,1H3,(H,17,18). The second-order valence-corrected chi connectivity index (χ2v) is 5.61. The molecule has 2 aliphatic heterocycles. The summed E-state index contributed by atoms with van der Waals surface area (Å²) in [6.45, 7) is 7.79. The van der Waals surface area contributed by atoms with E-state index in [4.69, 9.17) is 9.84 Å². The first-order valence-corrected chi connectivity index (χ1v) is 7.49.